The van der Waals surface area contributed by atoms with Crippen LogP contribution in [-0.2, 0) is 11.2 Å². The van der Waals surface area contributed by atoms with E-state index in [4.69, 9.17) is 0 Å². The van der Waals surface area contributed by atoms with Crippen molar-refractivity contribution in [3.63, 3.8) is 0 Å². The molecular formula is C20H22F2N2O. The van der Waals surface area contributed by atoms with Crippen molar-refractivity contribution >= 4 is 5.91 Å². The first-order valence-corrected chi connectivity index (χ1v) is 8.60. The van der Waals surface area contributed by atoms with E-state index in [-0.39, 0.29) is 24.5 Å². The lowest BCUT2D eigenvalue weighted by Gasteiger charge is -2.26. The highest BCUT2D eigenvalue weighted by atomic mass is 19.2. The smallest absolute Gasteiger partial charge is 0.234 e. The topological polar surface area (TPSA) is 41.1 Å². The molecule has 2 aromatic rings. The summed E-state index contributed by atoms with van der Waals surface area (Å²) in [5.41, 5.74) is 3.09. The molecule has 25 heavy (non-hydrogen) atoms. The molecule has 1 aliphatic carbocycles. The SMILES string of the molecule is C[C@@H](NCC(=O)N[C@@H]1CCCc2ccccc21)c1ccc(F)c(F)c1. The van der Waals surface area contributed by atoms with Crippen molar-refractivity contribution in [3.8, 4) is 0 Å². The van der Waals surface area contributed by atoms with Crippen LogP contribution in [-0.4, -0.2) is 12.5 Å². The van der Waals surface area contributed by atoms with Gasteiger partial charge in [0.15, 0.2) is 11.6 Å². The van der Waals surface area contributed by atoms with Crippen LogP contribution >= 0.6 is 0 Å². The zero-order valence-corrected chi connectivity index (χ0v) is 14.2. The van der Waals surface area contributed by atoms with E-state index in [2.05, 4.69) is 22.8 Å². The Kier molecular flexibility index (Phi) is 5.43. The summed E-state index contributed by atoms with van der Waals surface area (Å²) in [5, 5.41) is 6.12. The van der Waals surface area contributed by atoms with Gasteiger partial charge in [0, 0.05) is 6.04 Å². The molecule has 0 aliphatic heterocycles. The van der Waals surface area contributed by atoms with Crippen LogP contribution < -0.4 is 10.6 Å². The normalized spacial score (nSPS) is 17.6. The second kappa shape index (κ2) is 7.74. The number of benzene rings is 2. The predicted molar refractivity (Wildman–Crippen MR) is 93.0 cm³/mol. The highest BCUT2D eigenvalue weighted by molar-refractivity contribution is 5.78. The van der Waals surface area contributed by atoms with E-state index in [9.17, 15) is 13.6 Å². The highest BCUT2D eigenvalue weighted by Gasteiger charge is 2.21. The van der Waals surface area contributed by atoms with Crippen LogP contribution in [0.1, 0.15) is 48.5 Å². The summed E-state index contributed by atoms with van der Waals surface area (Å²) in [6.07, 6.45) is 3.04. The van der Waals surface area contributed by atoms with Crippen LogP contribution in [0.5, 0.6) is 0 Å². The van der Waals surface area contributed by atoms with Crippen molar-refractivity contribution < 1.29 is 13.6 Å². The molecule has 0 unspecified atom stereocenters. The molecule has 2 N–H and O–H groups in total. The van der Waals surface area contributed by atoms with Crippen molar-refractivity contribution in [1.29, 1.82) is 0 Å². The van der Waals surface area contributed by atoms with E-state index in [1.165, 1.54) is 17.2 Å². The minimum Gasteiger partial charge on any atom is -0.348 e. The number of carbonyl (C=O) groups excluding carboxylic acids is 1. The zero-order chi connectivity index (χ0) is 17.8. The molecule has 5 heteroatoms. The summed E-state index contributed by atoms with van der Waals surface area (Å²) in [4.78, 5) is 12.3. The molecule has 0 saturated heterocycles. The molecule has 132 valence electrons. The molecule has 2 aromatic carbocycles. The second-order valence-electron chi connectivity index (χ2n) is 6.49. The van der Waals surface area contributed by atoms with Crippen molar-refractivity contribution in [2.75, 3.05) is 6.54 Å². The predicted octanol–water partition coefficient (Wildman–Crippen LogP) is 3.81. The van der Waals surface area contributed by atoms with Crippen LogP contribution in [0.2, 0.25) is 0 Å². The summed E-state index contributed by atoms with van der Waals surface area (Å²) >= 11 is 0. The lowest BCUT2D eigenvalue weighted by molar-refractivity contribution is -0.121. The molecule has 3 nitrogen and oxygen atoms in total. The van der Waals surface area contributed by atoms with Gasteiger partial charge in [0.1, 0.15) is 0 Å². The first-order chi connectivity index (χ1) is 12.0. The Labute approximate surface area is 146 Å². The van der Waals surface area contributed by atoms with E-state index < -0.39 is 11.6 Å². The third kappa shape index (κ3) is 4.23. The maximum absolute atomic E-state index is 13.3. The van der Waals surface area contributed by atoms with E-state index in [0.29, 0.717) is 5.56 Å². The average Bonchev–Trinajstić information content (AvgIpc) is 2.62. The Morgan fingerprint density at radius 2 is 2.00 bits per heavy atom. The molecule has 0 fully saturated rings. The summed E-state index contributed by atoms with van der Waals surface area (Å²) in [5.74, 6) is -1.85. The van der Waals surface area contributed by atoms with Crippen LogP contribution in [0.25, 0.3) is 0 Å². The lowest BCUT2D eigenvalue weighted by atomic mass is 9.88. The number of hydrogen-bond acceptors (Lipinski definition) is 2. The number of fused-ring (bicyclic) bond motifs is 1. The summed E-state index contributed by atoms with van der Waals surface area (Å²) < 4.78 is 26.3. The zero-order valence-electron chi connectivity index (χ0n) is 14.2. The molecule has 3 rings (SSSR count). The largest absolute Gasteiger partial charge is 0.348 e. The Hall–Kier alpha value is -2.27. The lowest BCUT2D eigenvalue weighted by Crippen LogP contribution is -2.38. The highest BCUT2D eigenvalue weighted by Crippen LogP contribution is 2.29. The maximum atomic E-state index is 13.3. The van der Waals surface area contributed by atoms with Crippen molar-refractivity contribution in [2.24, 2.45) is 0 Å². The van der Waals surface area contributed by atoms with Gasteiger partial charge in [0.05, 0.1) is 12.6 Å². The minimum absolute atomic E-state index is 0.0396. The fraction of sp³-hybridized carbons (Fsp3) is 0.350. The van der Waals surface area contributed by atoms with Crippen LogP contribution in [0.15, 0.2) is 42.5 Å². The molecule has 0 bridgehead atoms. The van der Waals surface area contributed by atoms with E-state index in [0.717, 1.165) is 31.4 Å². The number of halogens is 2. The molecule has 2 atom stereocenters. The van der Waals surface area contributed by atoms with Gasteiger partial charge in [-0.1, -0.05) is 30.3 Å². The van der Waals surface area contributed by atoms with E-state index in [1.807, 2.05) is 19.1 Å². The summed E-state index contributed by atoms with van der Waals surface area (Å²) in [7, 11) is 0. The maximum Gasteiger partial charge on any atom is 0.234 e. The molecule has 0 saturated carbocycles. The van der Waals surface area contributed by atoms with Gasteiger partial charge < -0.3 is 10.6 Å². The van der Waals surface area contributed by atoms with Gasteiger partial charge >= 0.3 is 0 Å². The Balaban J connectivity index is 1.56. The molecule has 1 amide bonds. The van der Waals surface area contributed by atoms with Gasteiger partial charge in [0.2, 0.25) is 5.91 Å². The number of nitrogens with one attached hydrogen (secondary N) is 2. The Morgan fingerprint density at radius 1 is 1.20 bits per heavy atom. The van der Waals surface area contributed by atoms with Gasteiger partial charge in [-0.2, -0.15) is 0 Å². The van der Waals surface area contributed by atoms with Crippen LogP contribution in [0.3, 0.4) is 0 Å². The van der Waals surface area contributed by atoms with Gasteiger partial charge in [0.25, 0.3) is 0 Å². The number of rotatable bonds is 5. The molecular weight excluding hydrogens is 322 g/mol. The third-order valence-electron chi connectivity index (χ3n) is 4.72. The van der Waals surface area contributed by atoms with Crippen molar-refractivity contribution in [1.82, 2.24) is 10.6 Å². The molecule has 1 aliphatic rings. The standard InChI is InChI=1S/C20H22F2N2O/c1-13(15-9-10-17(21)18(22)11-15)23-12-20(25)24-19-8-4-6-14-5-2-3-7-16(14)19/h2-3,5,7,9-11,13,19,23H,4,6,8,12H2,1H3,(H,24,25)/t13-,19-/m1/s1. The van der Waals surface area contributed by atoms with Gasteiger partial charge in [-0.15, -0.1) is 0 Å². The third-order valence-corrected chi connectivity index (χ3v) is 4.72. The molecule has 0 spiro atoms. The second-order valence-corrected chi connectivity index (χ2v) is 6.49. The first kappa shape index (κ1) is 17.5. The number of carbonyl (C=O) groups is 1. The fourth-order valence-corrected chi connectivity index (χ4v) is 3.29. The quantitative estimate of drug-likeness (QED) is 0.866. The van der Waals surface area contributed by atoms with Gasteiger partial charge in [-0.3, -0.25) is 4.79 Å². The number of aryl methyl sites for hydroxylation is 1. The first-order valence-electron chi connectivity index (χ1n) is 8.60. The van der Waals surface area contributed by atoms with E-state index in [1.54, 1.807) is 0 Å². The monoisotopic (exact) mass is 344 g/mol. The van der Waals surface area contributed by atoms with Crippen LogP contribution in [0, 0.1) is 11.6 Å². The van der Waals surface area contributed by atoms with E-state index >= 15 is 0 Å². The molecule has 0 aromatic heterocycles. The van der Waals surface area contributed by atoms with Gasteiger partial charge in [-0.05, 0) is 55.0 Å². The Morgan fingerprint density at radius 3 is 2.80 bits per heavy atom. The summed E-state index contributed by atoms with van der Waals surface area (Å²) in [6, 6.07) is 11.8. The molecule has 0 heterocycles. The van der Waals surface area contributed by atoms with Crippen molar-refractivity contribution in [2.45, 2.75) is 38.3 Å². The average molecular weight is 344 g/mol. The minimum atomic E-state index is -0.880. The fourth-order valence-electron chi connectivity index (χ4n) is 3.29. The van der Waals surface area contributed by atoms with Crippen molar-refractivity contribution in [3.05, 3.63) is 70.8 Å². The molecule has 0 radical (unpaired) electrons. The summed E-state index contributed by atoms with van der Waals surface area (Å²) in [6.45, 7) is 1.94. The van der Waals surface area contributed by atoms with Crippen LogP contribution in [0.4, 0.5) is 8.78 Å². The number of hydrogen-bond donors (Lipinski definition) is 2. The van der Waals surface area contributed by atoms with Gasteiger partial charge in [-0.25, -0.2) is 8.78 Å². The Bertz CT molecular complexity index is 763. The number of amides is 1.